The van der Waals surface area contributed by atoms with Crippen LogP contribution in [0.3, 0.4) is 0 Å². The van der Waals surface area contributed by atoms with Gasteiger partial charge in [0.1, 0.15) is 0 Å². The molecule has 17 heavy (non-hydrogen) atoms. The Hall–Kier alpha value is -1.06. The van der Waals surface area contributed by atoms with Gasteiger partial charge >= 0.3 is 0 Å². The van der Waals surface area contributed by atoms with Crippen molar-refractivity contribution in [3.63, 3.8) is 0 Å². The molecule has 0 radical (unpaired) electrons. The monoisotopic (exact) mass is 234 g/mol. The van der Waals surface area contributed by atoms with Crippen LogP contribution in [0.15, 0.2) is 24.3 Å². The Balaban J connectivity index is 2.06. The van der Waals surface area contributed by atoms with Crippen molar-refractivity contribution >= 4 is 5.69 Å². The first-order chi connectivity index (χ1) is 8.35. The van der Waals surface area contributed by atoms with E-state index in [0.717, 1.165) is 13.1 Å². The van der Waals surface area contributed by atoms with Crippen LogP contribution >= 0.6 is 0 Å². The van der Waals surface area contributed by atoms with Crippen LogP contribution in [0, 0.1) is 0 Å². The molecule has 0 amide bonds. The molecular formula is C14H22N2O. The van der Waals surface area contributed by atoms with Crippen LogP contribution in [0.2, 0.25) is 0 Å². The summed E-state index contributed by atoms with van der Waals surface area (Å²) >= 11 is 0. The number of nitrogens with one attached hydrogen (secondary N) is 1. The highest BCUT2D eigenvalue weighted by Gasteiger charge is 2.24. The molecule has 0 saturated heterocycles. The minimum Gasteiger partial charge on any atom is -0.395 e. The highest BCUT2D eigenvalue weighted by Crippen LogP contribution is 2.29. The Kier molecular flexibility index (Phi) is 4.40. The van der Waals surface area contributed by atoms with Crippen molar-refractivity contribution in [2.45, 2.75) is 31.8 Å². The second-order valence-corrected chi connectivity index (χ2v) is 4.70. The van der Waals surface area contributed by atoms with E-state index in [9.17, 15) is 0 Å². The molecule has 0 unspecified atom stereocenters. The van der Waals surface area contributed by atoms with Gasteiger partial charge in [-0.05, 0) is 44.0 Å². The number of aliphatic hydroxyl groups is 1. The first-order valence-corrected chi connectivity index (χ1v) is 6.46. The van der Waals surface area contributed by atoms with Crippen LogP contribution in [0.1, 0.15) is 24.8 Å². The normalized spacial score (nSPS) is 15.6. The van der Waals surface area contributed by atoms with E-state index in [2.05, 4.69) is 34.5 Å². The Morgan fingerprint density at radius 1 is 1.29 bits per heavy atom. The topological polar surface area (TPSA) is 35.5 Å². The number of hydrogen-bond acceptors (Lipinski definition) is 3. The highest BCUT2D eigenvalue weighted by atomic mass is 16.3. The van der Waals surface area contributed by atoms with Gasteiger partial charge in [0.15, 0.2) is 0 Å². The molecule has 0 bridgehead atoms. The van der Waals surface area contributed by atoms with Crippen molar-refractivity contribution in [2.24, 2.45) is 0 Å². The summed E-state index contributed by atoms with van der Waals surface area (Å²) in [5.41, 5.74) is 2.54. The van der Waals surface area contributed by atoms with E-state index in [0.29, 0.717) is 6.04 Å². The molecule has 94 valence electrons. The van der Waals surface area contributed by atoms with Gasteiger partial charge in [-0.2, -0.15) is 0 Å². The fraction of sp³-hybridized carbons (Fsp3) is 0.571. The molecule has 1 aromatic rings. The summed E-state index contributed by atoms with van der Waals surface area (Å²) in [6.45, 7) is 1.88. The Morgan fingerprint density at radius 3 is 2.47 bits per heavy atom. The predicted molar refractivity (Wildman–Crippen MR) is 71.3 cm³/mol. The second-order valence-electron chi connectivity index (χ2n) is 4.70. The van der Waals surface area contributed by atoms with Crippen molar-refractivity contribution in [2.75, 3.05) is 25.1 Å². The van der Waals surface area contributed by atoms with E-state index in [1.54, 1.807) is 0 Å². The van der Waals surface area contributed by atoms with Crippen LogP contribution in [0.4, 0.5) is 5.69 Å². The summed E-state index contributed by atoms with van der Waals surface area (Å²) in [5.74, 6) is 0. The first kappa shape index (κ1) is 12.4. The van der Waals surface area contributed by atoms with Gasteiger partial charge in [0.25, 0.3) is 0 Å². The largest absolute Gasteiger partial charge is 0.395 e. The fourth-order valence-electron chi connectivity index (χ4n) is 2.34. The van der Waals surface area contributed by atoms with Crippen molar-refractivity contribution in [1.29, 1.82) is 0 Å². The maximum Gasteiger partial charge on any atom is 0.0606 e. The molecule has 1 saturated carbocycles. The van der Waals surface area contributed by atoms with Crippen LogP contribution < -0.4 is 10.2 Å². The third-order valence-electron chi connectivity index (χ3n) is 3.51. The summed E-state index contributed by atoms with van der Waals surface area (Å²) in [7, 11) is 1.96. The third kappa shape index (κ3) is 2.99. The SMILES string of the molecule is CNCc1ccc(N(CCO)C2CCC2)cc1. The van der Waals surface area contributed by atoms with Crippen LogP contribution in [0.5, 0.6) is 0 Å². The van der Waals surface area contributed by atoms with E-state index in [1.165, 1.54) is 30.5 Å². The van der Waals surface area contributed by atoms with Crippen molar-refractivity contribution in [3.05, 3.63) is 29.8 Å². The lowest BCUT2D eigenvalue weighted by atomic mass is 9.91. The van der Waals surface area contributed by atoms with Crippen molar-refractivity contribution in [3.8, 4) is 0 Å². The van der Waals surface area contributed by atoms with Gasteiger partial charge in [-0.1, -0.05) is 12.1 Å². The van der Waals surface area contributed by atoms with E-state index in [1.807, 2.05) is 7.05 Å². The zero-order chi connectivity index (χ0) is 12.1. The first-order valence-electron chi connectivity index (χ1n) is 6.46. The number of rotatable bonds is 6. The molecule has 2 rings (SSSR count). The fourth-order valence-corrected chi connectivity index (χ4v) is 2.34. The van der Waals surface area contributed by atoms with Gasteiger partial charge in [-0.3, -0.25) is 0 Å². The molecule has 0 aromatic heterocycles. The number of aliphatic hydroxyl groups excluding tert-OH is 1. The lowest BCUT2D eigenvalue weighted by Crippen LogP contribution is -2.41. The minimum atomic E-state index is 0.231. The molecule has 3 heteroatoms. The van der Waals surface area contributed by atoms with E-state index >= 15 is 0 Å². The Labute approximate surface area is 103 Å². The summed E-state index contributed by atoms with van der Waals surface area (Å²) < 4.78 is 0. The molecule has 1 fully saturated rings. The van der Waals surface area contributed by atoms with Gasteiger partial charge in [0.2, 0.25) is 0 Å². The molecular weight excluding hydrogens is 212 g/mol. The van der Waals surface area contributed by atoms with Crippen LogP contribution in [-0.2, 0) is 6.54 Å². The summed E-state index contributed by atoms with van der Waals surface area (Å²) in [6.07, 6.45) is 3.85. The maximum atomic E-state index is 9.15. The van der Waals surface area contributed by atoms with Crippen molar-refractivity contribution < 1.29 is 5.11 Å². The molecule has 2 N–H and O–H groups in total. The molecule has 1 aliphatic carbocycles. The van der Waals surface area contributed by atoms with E-state index < -0.39 is 0 Å². The number of hydrogen-bond donors (Lipinski definition) is 2. The lowest BCUT2D eigenvalue weighted by Gasteiger charge is -2.39. The van der Waals surface area contributed by atoms with Gasteiger partial charge < -0.3 is 15.3 Å². The average molecular weight is 234 g/mol. The Bertz CT molecular complexity index is 333. The summed E-state index contributed by atoms with van der Waals surface area (Å²) in [5, 5.41) is 12.3. The molecule has 3 nitrogen and oxygen atoms in total. The zero-order valence-corrected chi connectivity index (χ0v) is 10.5. The van der Waals surface area contributed by atoms with Crippen LogP contribution in [-0.4, -0.2) is 31.3 Å². The van der Waals surface area contributed by atoms with Gasteiger partial charge in [-0.25, -0.2) is 0 Å². The molecule has 1 aliphatic rings. The predicted octanol–water partition coefficient (Wildman–Crippen LogP) is 1.76. The molecule has 1 aromatic carbocycles. The van der Waals surface area contributed by atoms with E-state index in [4.69, 9.17) is 5.11 Å². The summed E-state index contributed by atoms with van der Waals surface area (Å²) in [4.78, 5) is 2.34. The van der Waals surface area contributed by atoms with Gasteiger partial charge in [-0.15, -0.1) is 0 Å². The highest BCUT2D eigenvalue weighted by molar-refractivity contribution is 5.49. The second kappa shape index (κ2) is 6.03. The zero-order valence-electron chi connectivity index (χ0n) is 10.5. The quantitative estimate of drug-likeness (QED) is 0.787. The molecule has 0 heterocycles. The minimum absolute atomic E-state index is 0.231. The maximum absolute atomic E-state index is 9.15. The average Bonchev–Trinajstić information content (AvgIpc) is 2.28. The Morgan fingerprint density at radius 2 is 2.00 bits per heavy atom. The smallest absolute Gasteiger partial charge is 0.0606 e. The van der Waals surface area contributed by atoms with E-state index in [-0.39, 0.29) is 6.61 Å². The van der Waals surface area contributed by atoms with Crippen LogP contribution in [0.25, 0.3) is 0 Å². The number of anilines is 1. The lowest BCUT2D eigenvalue weighted by molar-refractivity contribution is 0.283. The summed E-state index contributed by atoms with van der Waals surface area (Å²) in [6, 6.07) is 9.29. The molecule has 0 aliphatic heterocycles. The van der Waals surface area contributed by atoms with Gasteiger partial charge in [0, 0.05) is 24.8 Å². The number of nitrogens with zero attached hydrogens (tertiary/aromatic N) is 1. The standard InChI is InChI=1S/C14H22N2O/c1-15-11-12-5-7-14(8-6-12)16(9-10-17)13-3-2-4-13/h5-8,13,15,17H,2-4,9-11H2,1H3. The molecule has 0 spiro atoms. The van der Waals surface area contributed by atoms with Gasteiger partial charge in [0.05, 0.1) is 6.61 Å². The number of benzene rings is 1. The van der Waals surface area contributed by atoms with Crippen molar-refractivity contribution in [1.82, 2.24) is 5.32 Å². The molecule has 0 atom stereocenters. The third-order valence-corrected chi connectivity index (χ3v) is 3.51.